The molecule has 0 unspecified atom stereocenters. The van der Waals surface area contributed by atoms with Gasteiger partial charge in [0, 0.05) is 12.6 Å². The Morgan fingerprint density at radius 3 is 2.36 bits per heavy atom. The fourth-order valence-electron chi connectivity index (χ4n) is 1.38. The Labute approximate surface area is 84.2 Å². The van der Waals surface area contributed by atoms with E-state index in [1.54, 1.807) is 4.90 Å². The molecule has 1 rings (SSSR count). The minimum Gasteiger partial charge on any atom is -0.462 e. The number of ether oxygens (including phenoxy) is 1. The van der Waals surface area contributed by atoms with Crippen LogP contribution in [0.15, 0.2) is 0 Å². The number of rotatable bonds is 3. The van der Waals surface area contributed by atoms with Gasteiger partial charge in [-0.15, -0.1) is 0 Å². The average molecular weight is 199 g/mol. The van der Waals surface area contributed by atoms with Crippen LogP contribution in [0.4, 0.5) is 0 Å². The zero-order valence-corrected chi connectivity index (χ0v) is 8.95. The fourth-order valence-corrected chi connectivity index (χ4v) is 1.38. The van der Waals surface area contributed by atoms with Crippen molar-refractivity contribution in [1.82, 2.24) is 4.90 Å². The van der Waals surface area contributed by atoms with Crippen LogP contribution < -0.4 is 0 Å². The van der Waals surface area contributed by atoms with Gasteiger partial charge in [0.25, 0.3) is 0 Å². The molecule has 1 fully saturated rings. The third-order valence-electron chi connectivity index (χ3n) is 2.17. The van der Waals surface area contributed by atoms with Crippen molar-refractivity contribution in [3.8, 4) is 0 Å². The summed E-state index contributed by atoms with van der Waals surface area (Å²) in [6.07, 6.45) is 2.02. The minimum absolute atomic E-state index is 0.268. The molecule has 0 aromatic carbocycles. The molecule has 4 nitrogen and oxygen atoms in total. The van der Waals surface area contributed by atoms with Gasteiger partial charge in [0.05, 0.1) is 7.11 Å². The van der Waals surface area contributed by atoms with E-state index in [2.05, 4.69) is 4.74 Å². The van der Waals surface area contributed by atoms with E-state index in [1.165, 1.54) is 7.11 Å². The molecule has 0 aromatic rings. The topological polar surface area (TPSA) is 46.6 Å². The smallest absolute Gasteiger partial charge is 0.396 e. The van der Waals surface area contributed by atoms with Crippen LogP contribution in [-0.2, 0) is 14.3 Å². The van der Waals surface area contributed by atoms with Crippen LogP contribution >= 0.6 is 0 Å². The molecule has 1 aliphatic carbocycles. The van der Waals surface area contributed by atoms with E-state index in [9.17, 15) is 9.59 Å². The van der Waals surface area contributed by atoms with Crippen molar-refractivity contribution in [2.45, 2.75) is 32.7 Å². The van der Waals surface area contributed by atoms with Crippen LogP contribution in [0.1, 0.15) is 26.7 Å². The van der Waals surface area contributed by atoms with Crippen LogP contribution in [0.25, 0.3) is 0 Å². The molecule has 0 saturated heterocycles. The number of carbonyl (C=O) groups excluding carboxylic acids is 2. The van der Waals surface area contributed by atoms with Crippen LogP contribution in [0.5, 0.6) is 0 Å². The zero-order chi connectivity index (χ0) is 10.7. The van der Waals surface area contributed by atoms with E-state index >= 15 is 0 Å². The Hall–Kier alpha value is -1.06. The number of esters is 1. The Bertz CT molecular complexity index is 234. The van der Waals surface area contributed by atoms with E-state index in [0.29, 0.717) is 12.5 Å². The SMILES string of the molecule is COC(=O)C(=O)N(CC(C)C)C1CC1. The summed E-state index contributed by atoms with van der Waals surface area (Å²) >= 11 is 0. The zero-order valence-electron chi connectivity index (χ0n) is 8.95. The minimum atomic E-state index is -0.752. The summed E-state index contributed by atoms with van der Waals surface area (Å²) < 4.78 is 4.42. The monoisotopic (exact) mass is 199 g/mol. The molecular weight excluding hydrogens is 182 g/mol. The Balaban J connectivity index is 2.57. The maximum absolute atomic E-state index is 11.5. The number of amides is 1. The molecule has 0 N–H and O–H groups in total. The Kier molecular flexibility index (Phi) is 3.49. The van der Waals surface area contributed by atoms with Crippen molar-refractivity contribution in [3.63, 3.8) is 0 Å². The Morgan fingerprint density at radius 2 is 2.00 bits per heavy atom. The average Bonchev–Trinajstić information content (AvgIpc) is 2.94. The highest BCUT2D eigenvalue weighted by Crippen LogP contribution is 2.27. The summed E-state index contributed by atoms with van der Waals surface area (Å²) in [4.78, 5) is 24.2. The third-order valence-corrected chi connectivity index (χ3v) is 2.17. The van der Waals surface area contributed by atoms with Gasteiger partial charge in [-0.1, -0.05) is 13.8 Å². The molecule has 14 heavy (non-hydrogen) atoms. The van der Waals surface area contributed by atoms with Crippen molar-refractivity contribution in [2.75, 3.05) is 13.7 Å². The lowest BCUT2D eigenvalue weighted by Gasteiger charge is -2.22. The van der Waals surface area contributed by atoms with Gasteiger partial charge in [-0.3, -0.25) is 4.79 Å². The normalized spacial score (nSPS) is 15.4. The molecule has 1 amide bonds. The van der Waals surface area contributed by atoms with E-state index < -0.39 is 11.9 Å². The van der Waals surface area contributed by atoms with Gasteiger partial charge in [0.15, 0.2) is 0 Å². The van der Waals surface area contributed by atoms with E-state index in [1.807, 2.05) is 13.8 Å². The summed E-state index contributed by atoms with van der Waals surface area (Å²) in [5, 5.41) is 0. The van der Waals surface area contributed by atoms with Crippen LogP contribution in [0, 0.1) is 5.92 Å². The van der Waals surface area contributed by atoms with Gasteiger partial charge >= 0.3 is 11.9 Å². The molecular formula is C10H17NO3. The van der Waals surface area contributed by atoms with E-state index in [0.717, 1.165) is 12.8 Å². The molecule has 1 aliphatic rings. The largest absolute Gasteiger partial charge is 0.462 e. The molecule has 80 valence electrons. The van der Waals surface area contributed by atoms with Gasteiger partial charge in [0.1, 0.15) is 0 Å². The number of methoxy groups -OCH3 is 1. The molecule has 0 aliphatic heterocycles. The molecule has 0 heterocycles. The number of nitrogens with zero attached hydrogens (tertiary/aromatic N) is 1. The first-order valence-corrected chi connectivity index (χ1v) is 4.95. The third kappa shape index (κ3) is 2.72. The van der Waals surface area contributed by atoms with Gasteiger partial charge in [-0.2, -0.15) is 0 Å². The van der Waals surface area contributed by atoms with Gasteiger partial charge < -0.3 is 9.64 Å². The number of hydrogen-bond donors (Lipinski definition) is 0. The molecule has 0 bridgehead atoms. The first-order valence-electron chi connectivity index (χ1n) is 4.95. The highest BCUT2D eigenvalue weighted by Gasteiger charge is 2.36. The van der Waals surface area contributed by atoms with Crippen LogP contribution in [-0.4, -0.2) is 36.5 Å². The quantitative estimate of drug-likeness (QED) is 0.499. The second-order valence-electron chi connectivity index (χ2n) is 4.07. The lowest BCUT2D eigenvalue weighted by atomic mass is 10.2. The van der Waals surface area contributed by atoms with Crippen LogP contribution in [0.3, 0.4) is 0 Å². The first-order chi connectivity index (χ1) is 6.56. The second kappa shape index (κ2) is 4.44. The number of carbonyl (C=O) groups is 2. The van der Waals surface area contributed by atoms with Crippen LogP contribution in [0.2, 0.25) is 0 Å². The van der Waals surface area contributed by atoms with Crippen molar-refractivity contribution in [1.29, 1.82) is 0 Å². The lowest BCUT2D eigenvalue weighted by Crippen LogP contribution is -2.41. The highest BCUT2D eigenvalue weighted by molar-refractivity contribution is 6.32. The molecule has 0 atom stereocenters. The highest BCUT2D eigenvalue weighted by atomic mass is 16.5. The summed E-state index contributed by atoms with van der Waals surface area (Å²) in [6.45, 7) is 4.69. The standard InChI is InChI=1S/C10H17NO3/c1-7(2)6-11(8-4-5-8)9(12)10(13)14-3/h7-8H,4-6H2,1-3H3. The first kappa shape index (κ1) is 11.0. The summed E-state index contributed by atoms with van der Waals surface area (Å²) in [7, 11) is 1.24. The molecule has 4 heteroatoms. The van der Waals surface area contributed by atoms with Crippen molar-refractivity contribution in [2.24, 2.45) is 5.92 Å². The molecule has 1 saturated carbocycles. The summed E-state index contributed by atoms with van der Waals surface area (Å²) in [5.74, 6) is -0.870. The number of hydrogen-bond acceptors (Lipinski definition) is 3. The predicted molar refractivity (Wildman–Crippen MR) is 51.6 cm³/mol. The van der Waals surface area contributed by atoms with Crippen molar-refractivity contribution < 1.29 is 14.3 Å². The van der Waals surface area contributed by atoms with Gasteiger partial charge in [0.2, 0.25) is 0 Å². The molecule has 0 aromatic heterocycles. The summed E-state index contributed by atoms with van der Waals surface area (Å²) in [5.41, 5.74) is 0. The maximum atomic E-state index is 11.5. The molecule has 0 radical (unpaired) electrons. The lowest BCUT2D eigenvalue weighted by molar-refractivity contribution is -0.158. The maximum Gasteiger partial charge on any atom is 0.396 e. The second-order valence-corrected chi connectivity index (χ2v) is 4.07. The van der Waals surface area contributed by atoms with Gasteiger partial charge in [-0.05, 0) is 18.8 Å². The van der Waals surface area contributed by atoms with Crippen molar-refractivity contribution >= 4 is 11.9 Å². The Morgan fingerprint density at radius 1 is 1.43 bits per heavy atom. The van der Waals surface area contributed by atoms with Gasteiger partial charge in [-0.25, -0.2) is 4.79 Å². The van der Waals surface area contributed by atoms with E-state index in [-0.39, 0.29) is 6.04 Å². The molecule has 0 spiro atoms. The van der Waals surface area contributed by atoms with E-state index in [4.69, 9.17) is 0 Å². The fraction of sp³-hybridized carbons (Fsp3) is 0.800. The van der Waals surface area contributed by atoms with Crippen molar-refractivity contribution in [3.05, 3.63) is 0 Å². The summed E-state index contributed by atoms with van der Waals surface area (Å²) in [6, 6.07) is 0.268. The predicted octanol–water partition coefficient (Wildman–Crippen LogP) is 0.806.